The molecule has 0 atom stereocenters. The van der Waals surface area contributed by atoms with Gasteiger partial charge < -0.3 is 10.1 Å². The molecule has 0 spiro atoms. The van der Waals surface area contributed by atoms with E-state index in [2.05, 4.69) is 33.0 Å². The number of halogens is 1. The van der Waals surface area contributed by atoms with Gasteiger partial charge in [-0.05, 0) is 36.5 Å². The molecule has 1 N–H and O–H groups in total. The van der Waals surface area contributed by atoms with Crippen molar-refractivity contribution in [2.45, 2.75) is 46.6 Å². The van der Waals surface area contributed by atoms with E-state index in [4.69, 9.17) is 16.3 Å². The van der Waals surface area contributed by atoms with Gasteiger partial charge in [0.1, 0.15) is 5.75 Å². The van der Waals surface area contributed by atoms with Crippen molar-refractivity contribution >= 4 is 33.2 Å². The number of nitrogens with zero attached hydrogens (tertiary/aromatic N) is 1. The molecular weight excluding hydrogens is 388 g/mol. The van der Waals surface area contributed by atoms with E-state index in [0.29, 0.717) is 34.7 Å². The molecule has 154 valence electrons. The standard InChI is InChI=1S/C19H31ClN2O4S/c1-13(2)19(14(3)4)21-18(23)8-7-11-22(27(6,24)25)15-9-10-17(26-5)16(20)12-15/h9-10,12-14,19H,7-8,11H2,1-6H3,(H,21,23). The molecule has 1 amide bonds. The molecule has 0 aliphatic heterocycles. The second-order valence-corrected chi connectivity index (χ2v) is 9.65. The number of carbonyl (C=O) groups is 1. The van der Waals surface area contributed by atoms with Crippen LogP contribution in [0.5, 0.6) is 5.75 Å². The van der Waals surface area contributed by atoms with Gasteiger partial charge in [-0.25, -0.2) is 8.42 Å². The molecule has 0 saturated heterocycles. The molecule has 1 aromatic rings. The predicted molar refractivity (Wildman–Crippen MR) is 111 cm³/mol. The summed E-state index contributed by atoms with van der Waals surface area (Å²) in [6.07, 6.45) is 1.80. The quantitative estimate of drug-likeness (QED) is 0.628. The van der Waals surface area contributed by atoms with Crippen LogP contribution in [0.3, 0.4) is 0 Å². The maximum Gasteiger partial charge on any atom is 0.232 e. The number of benzene rings is 1. The molecule has 0 bridgehead atoms. The highest BCUT2D eigenvalue weighted by atomic mass is 35.5. The van der Waals surface area contributed by atoms with Crippen LogP contribution in [0.15, 0.2) is 18.2 Å². The average molecular weight is 419 g/mol. The summed E-state index contributed by atoms with van der Waals surface area (Å²) in [5.41, 5.74) is 0.450. The van der Waals surface area contributed by atoms with Crippen LogP contribution in [0.2, 0.25) is 5.02 Å². The third kappa shape index (κ3) is 7.22. The molecule has 8 heteroatoms. The summed E-state index contributed by atoms with van der Waals surface area (Å²) < 4.78 is 30.7. The molecule has 0 aromatic heterocycles. The van der Waals surface area contributed by atoms with Crippen molar-refractivity contribution in [3.05, 3.63) is 23.2 Å². The molecular formula is C19H31ClN2O4S. The Balaban J connectivity index is 2.77. The van der Waals surface area contributed by atoms with Crippen LogP contribution in [0.1, 0.15) is 40.5 Å². The average Bonchev–Trinajstić information content (AvgIpc) is 2.54. The maximum atomic E-state index is 12.3. The third-order valence-corrected chi connectivity index (χ3v) is 5.84. The van der Waals surface area contributed by atoms with Gasteiger partial charge in [0.05, 0.1) is 24.1 Å². The Morgan fingerprint density at radius 2 is 1.81 bits per heavy atom. The Morgan fingerprint density at radius 3 is 2.26 bits per heavy atom. The molecule has 1 rings (SSSR count). The Hall–Kier alpha value is -1.47. The Labute approximate surface area is 168 Å². The van der Waals surface area contributed by atoms with Crippen LogP contribution >= 0.6 is 11.6 Å². The normalized spacial score (nSPS) is 11.9. The van der Waals surface area contributed by atoms with Gasteiger partial charge in [-0.3, -0.25) is 9.10 Å². The van der Waals surface area contributed by atoms with Crippen LogP contribution in [-0.2, 0) is 14.8 Å². The zero-order valence-corrected chi connectivity index (χ0v) is 18.5. The van der Waals surface area contributed by atoms with E-state index in [9.17, 15) is 13.2 Å². The van der Waals surface area contributed by atoms with Crippen molar-refractivity contribution in [2.24, 2.45) is 11.8 Å². The van der Waals surface area contributed by atoms with Crippen molar-refractivity contribution in [3.8, 4) is 5.75 Å². The number of hydrogen-bond acceptors (Lipinski definition) is 4. The summed E-state index contributed by atoms with van der Waals surface area (Å²) in [6.45, 7) is 8.49. The molecule has 0 fully saturated rings. The first-order valence-corrected chi connectivity index (χ1v) is 11.3. The Morgan fingerprint density at radius 1 is 1.22 bits per heavy atom. The highest BCUT2D eigenvalue weighted by Crippen LogP contribution is 2.30. The first-order valence-electron chi connectivity index (χ1n) is 9.08. The highest BCUT2D eigenvalue weighted by molar-refractivity contribution is 7.92. The van der Waals surface area contributed by atoms with Gasteiger partial charge in [0.25, 0.3) is 0 Å². The summed E-state index contributed by atoms with van der Waals surface area (Å²) in [6, 6.07) is 4.91. The number of carbonyl (C=O) groups excluding carboxylic acids is 1. The van der Waals surface area contributed by atoms with Crippen LogP contribution in [0.4, 0.5) is 5.69 Å². The SMILES string of the molecule is COc1ccc(N(CCCC(=O)NC(C(C)C)C(C)C)S(C)(=O)=O)cc1Cl. The van der Waals surface area contributed by atoms with Gasteiger partial charge in [-0.2, -0.15) is 0 Å². The number of ether oxygens (including phenoxy) is 1. The molecule has 0 heterocycles. The summed E-state index contributed by atoms with van der Waals surface area (Å²) in [7, 11) is -2.00. The summed E-state index contributed by atoms with van der Waals surface area (Å²) in [5.74, 6) is 1.08. The largest absolute Gasteiger partial charge is 0.495 e. The summed E-state index contributed by atoms with van der Waals surface area (Å²) >= 11 is 6.11. The lowest BCUT2D eigenvalue weighted by molar-refractivity contribution is -0.122. The summed E-state index contributed by atoms with van der Waals surface area (Å²) in [5, 5.41) is 3.38. The van der Waals surface area contributed by atoms with Gasteiger partial charge in [0.15, 0.2) is 0 Å². The molecule has 0 unspecified atom stereocenters. The van der Waals surface area contributed by atoms with E-state index in [0.717, 1.165) is 6.26 Å². The van der Waals surface area contributed by atoms with Crippen LogP contribution in [0, 0.1) is 11.8 Å². The molecule has 1 aromatic carbocycles. The Bertz CT molecular complexity index is 727. The predicted octanol–water partition coefficient (Wildman–Crippen LogP) is 3.69. The minimum atomic E-state index is -3.50. The van der Waals surface area contributed by atoms with Crippen LogP contribution in [-0.4, -0.2) is 40.3 Å². The number of rotatable bonds is 10. The van der Waals surface area contributed by atoms with Crippen molar-refractivity contribution in [1.29, 1.82) is 0 Å². The van der Waals surface area contributed by atoms with E-state index in [1.54, 1.807) is 18.2 Å². The number of amides is 1. The number of hydrogen-bond donors (Lipinski definition) is 1. The lowest BCUT2D eigenvalue weighted by Crippen LogP contribution is -2.42. The van der Waals surface area contributed by atoms with Gasteiger partial charge in [0, 0.05) is 19.0 Å². The van der Waals surface area contributed by atoms with Crippen molar-refractivity contribution in [2.75, 3.05) is 24.2 Å². The fourth-order valence-corrected chi connectivity index (χ4v) is 4.25. The van der Waals surface area contributed by atoms with Gasteiger partial charge in [0.2, 0.25) is 15.9 Å². The van der Waals surface area contributed by atoms with Crippen molar-refractivity contribution in [3.63, 3.8) is 0 Å². The zero-order chi connectivity index (χ0) is 20.8. The third-order valence-electron chi connectivity index (χ3n) is 4.35. The molecule has 6 nitrogen and oxygen atoms in total. The van der Waals surface area contributed by atoms with Crippen LogP contribution in [0.25, 0.3) is 0 Å². The number of sulfonamides is 1. The molecule has 27 heavy (non-hydrogen) atoms. The molecule has 0 radical (unpaired) electrons. The van der Waals surface area contributed by atoms with E-state index < -0.39 is 10.0 Å². The minimum absolute atomic E-state index is 0.0661. The second-order valence-electron chi connectivity index (χ2n) is 7.34. The van der Waals surface area contributed by atoms with Gasteiger partial charge >= 0.3 is 0 Å². The van der Waals surface area contributed by atoms with Crippen molar-refractivity contribution < 1.29 is 17.9 Å². The van der Waals surface area contributed by atoms with E-state index in [1.807, 2.05) is 0 Å². The van der Waals surface area contributed by atoms with E-state index >= 15 is 0 Å². The highest BCUT2D eigenvalue weighted by Gasteiger charge is 2.21. The smallest absolute Gasteiger partial charge is 0.232 e. The lowest BCUT2D eigenvalue weighted by atomic mass is 9.93. The fourth-order valence-electron chi connectivity index (χ4n) is 3.04. The Kier molecular flexibility index (Phi) is 8.88. The van der Waals surface area contributed by atoms with Crippen LogP contribution < -0.4 is 14.4 Å². The molecule has 0 aliphatic rings. The zero-order valence-electron chi connectivity index (χ0n) is 17.0. The molecule has 0 aliphatic carbocycles. The minimum Gasteiger partial charge on any atom is -0.495 e. The first-order chi connectivity index (χ1) is 12.5. The topological polar surface area (TPSA) is 75.7 Å². The van der Waals surface area contributed by atoms with Gasteiger partial charge in [-0.1, -0.05) is 39.3 Å². The second kappa shape index (κ2) is 10.2. The van der Waals surface area contributed by atoms with Gasteiger partial charge in [-0.15, -0.1) is 0 Å². The van der Waals surface area contributed by atoms with E-state index in [-0.39, 0.29) is 24.9 Å². The van der Waals surface area contributed by atoms with E-state index in [1.165, 1.54) is 11.4 Å². The monoisotopic (exact) mass is 418 g/mol. The summed E-state index contributed by atoms with van der Waals surface area (Å²) in [4.78, 5) is 12.3. The fraction of sp³-hybridized carbons (Fsp3) is 0.632. The number of anilines is 1. The number of methoxy groups -OCH3 is 1. The number of nitrogens with one attached hydrogen (secondary N) is 1. The van der Waals surface area contributed by atoms with Crippen molar-refractivity contribution in [1.82, 2.24) is 5.32 Å². The maximum absolute atomic E-state index is 12.3. The lowest BCUT2D eigenvalue weighted by Gasteiger charge is -2.26. The molecule has 0 saturated carbocycles. The first kappa shape index (κ1) is 23.6.